The molecule has 0 bridgehead atoms. The molecule has 2 nitrogen and oxygen atoms in total. The van der Waals surface area contributed by atoms with Crippen LogP contribution in [-0.4, -0.2) is 24.0 Å². The van der Waals surface area contributed by atoms with E-state index in [-0.39, 0.29) is 0 Å². The summed E-state index contributed by atoms with van der Waals surface area (Å²) in [6, 6.07) is 6.20. The van der Waals surface area contributed by atoms with Gasteiger partial charge in [0.15, 0.2) is 0 Å². The first-order valence-electron chi connectivity index (χ1n) is 6.08. The van der Waals surface area contributed by atoms with Crippen LogP contribution in [0.15, 0.2) is 18.2 Å². The molecule has 1 aromatic rings. The van der Waals surface area contributed by atoms with E-state index in [0.717, 1.165) is 30.2 Å². The maximum atomic E-state index is 6.20. The first-order chi connectivity index (χ1) is 8.20. The molecule has 4 heteroatoms. The molecule has 1 aliphatic heterocycles. The second kappa shape index (κ2) is 6.05. The Kier molecular flexibility index (Phi) is 4.69. The SMILES string of the molecule is NC[C@@H]1CCCCN1Cc1ccc(Cl)cc1Cl. The molecule has 0 unspecified atom stereocenters. The van der Waals surface area contributed by atoms with Crippen molar-refractivity contribution in [1.82, 2.24) is 4.90 Å². The molecule has 0 radical (unpaired) electrons. The van der Waals surface area contributed by atoms with Crippen molar-refractivity contribution in [2.24, 2.45) is 5.73 Å². The summed E-state index contributed by atoms with van der Waals surface area (Å²) in [4.78, 5) is 2.43. The average Bonchev–Trinajstić information content (AvgIpc) is 2.33. The zero-order valence-electron chi connectivity index (χ0n) is 9.83. The highest BCUT2D eigenvalue weighted by Gasteiger charge is 2.21. The first-order valence-corrected chi connectivity index (χ1v) is 6.84. The predicted molar refractivity (Wildman–Crippen MR) is 73.6 cm³/mol. The van der Waals surface area contributed by atoms with Gasteiger partial charge in [0, 0.05) is 29.2 Å². The number of hydrogen-bond acceptors (Lipinski definition) is 2. The highest BCUT2D eigenvalue weighted by atomic mass is 35.5. The fraction of sp³-hybridized carbons (Fsp3) is 0.538. The van der Waals surface area contributed by atoms with Crippen molar-refractivity contribution in [2.45, 2.75) is 31.8 Å². The second-order valence-corrected chi connectivity index (χ2v) is 5.44. The van der Waals surface area contributed by atoms with Crippen LogP contribution in [0, 0.1) is 0 Å². The molecule has 1 aliphatic rings. The van der Waals surface area contributed by atoms with Gasteiger partial charge in [-0.05, 0) is 37.1 Å². The molecular formula is C13H18Cl2N2. The Morgan fingerprint density at radius 2 is 2.12 bits per heavy atom. The molecular weight excluding hydrogens is 255 g/mol. The third-order valence-corrected chi connectivity index (χ3v) is 4.00. The van der Waals surface area contributed by atoms with E-state index < -0.39 is 0 Å². The van der Waals surface area contributed by atoms with Gasteiger partial charge in [-0.1, -0.05) is 35.7 Å². The van der Waals surface area contributed by atoms with E-state index in [4.69, 9.17) is 28.9 Å². The molecule has 1 fully saturated rings. The van der Waals surface area contributed by atoms with Crippen LogP contribution in [0.4, 0.5) is 0 Å². The minimum Gasteiger partial charge on any atom is -0.329 e. The van der Waals surface area contributed by atoms with E-state index in [0.29, 0.717) is 11.1 Å². The standard InChI is InChI=1S/C13H18Cl2N2/c14-11-5-4-10(13(15)7-11)9-17-6-2-1-3-12(17)8-16/h4-5,7,12H,1-3,6,8-9,16H2/t12-/m0/s1. The van der Waals surface area contributed by atoms with Crippen molar-refractivity contribution in [3.05, 3.63) is 33.8 Å². The third kappa shape index (κ3) is 3.35. The number of rotatable bonds is 3. The van der Waals surface area contributed by atoms with Gasteiger partial charge in [0.05, 0.1) is 0 Å². The largest absolute Gasteiger partial charge is 0.329 e. The van der Waals surface area contributed by atoms with Gasteiger partial charge in [-0.25, -0.2) is 0 Å². The van der Waals surface area contributed by atoms with Gasteiger partial charge in [0.2, 0.25) is 0 Å². The van der Waals surface area contributed by atoms with Crippen LogP contribution in [0.2, 0.25) is 10.0 Å². The summed E-state index contributed by atoms with van der Waals surface area (Å²) < 4.78 is 0. The summed E-state index contributed by atoms with van der Waals surface area (Å²) in [5.74, 6) is 0. The lowest BCUT2D eigenvalue weighted by Crippen LogP contribution is -2.43. The fourth-order valence-electron chi connectivity index (χ4n) is 2.40. The molecule has 1 aromatic carbocycles. The van der Waals surface area contributed by atoms with Gasteiger partial charge in [0.25, 0.3) is 0 Å². The first kappa shape index (κ1) is 13.2. The van der Waals surface area contributed by atoms with E-state index in [2.05, 4.69) is 4.90 Å². The van der Waals surface area contributed by atoms with Crippen molar-refractivity contribution in [2.75, 3.05) is 13.1 Å². The zero-order chi connectivity index (χ0) is 12.3. The van der Waals surface area contributed by atoms with Crippen LogP contribution in [0.3, 0.4) is 0 Å². The number of hydrogen-bond donors (Lipinski definition) is 1. The highest BCUT2D eigenvalue weighted by Crippen LogP contribution is 2.25. The van der Waals surface area contributed by atoms with Crippen LogP contribution in [0.1, 0.15) is 24.8 Å². The summed E-state index contributed by atoms with van der Waals surface area (Å²) in [5.41, 5.74) is 6.95. The Hall–Kier alpha value is -0.280. The molecule has 0 saturated carbocycles. The number of halogens is 2. The average molecular weight is 273 g/mol. The molecule has 1 heterocycles. The van der Waals surface area contributed by atoms with Gasteiger partial charge < -0.3 is 5.73 Å². The van der Waals surface area contributed by atoms with E-state index in [1.54, 1.807) is 6.07 Å². The molecule has 1 saturated heterocycles. The van der Waals surface area contributed by atoms with Gasteiger partial charge in [0.1, 0.15) is 0 Å². The van der Waals surface area contributed by atoms with Crippen molar-refractivity contribution in [3.8, 4) is 0 Å². The predicted octanol–water partition coefficient (Wildman–Crippen LogP) is 3.31. The quantitative estimate of drug-likeness (QED) is 0.915. The molecule has 0 aromatic heterocycles. The van der Waals surface area contributed by atoms with Crippen molar-refractivity contribution in [1.29, 1.82) is 0 Å². The minimum atomic E-state index is 0.496. The number of likely N-dealkylation sites (tertiary alicyclic amines) is 1. The second-order valence-electron chi connectivity index (χ2n) is 4.59. The molecule has 0 amide bonds. The lowest BCUT2D eigenvalue weighted by atomic mass is 10.0. The van der Waals surface area contributed by atoms with Crippen LogP contribution in [-0.2, 0) is 6.54 Å². The van der Waals surface area contributed by atoms with Crippen LogP contribution >= 0.6 is 23.2 Å². The summed E-state index contributed by atoms with van der Waals surface area (Å²) in [6.07, 6.45) is 3.73. The highest BCUT2D eigenvalue weighted by molar-refractivity contribution is 6.35. The van der Waals surface area contributed by atoms with Gasteiger partial charge in [-0.2, -0.15) is 0 Å². The molecule has 17 heavy (non-hydrogen) atoms. The maximum Gasteiger partial charge on any atom is 0.0465 e. The van der Waals surface area contributed by atoms with Gasteiger partial charge >= 0.3 is 0 Å². The van der Waals surface area contributed by atoms with E-state index in [1.807, 2.05) is 12.1 Å². The Morgan fingerprint density at radius 1 is 1.29 bits per heavy atom. The summed E-state index contributed by atoms with van der Waals surface area (Å²) in [5, 5.41) is 1.44. The van der Waals surface area contributed by atoms with Crippen LogP contribution in [0.5, 0.6) is 0 Å². The van der Waals surface area contributed by atoms with Crippen LogP contribution < -0.4 is 5.73 Å². The topological polar surface area (TPSA) is 29.3 Å². The fourth-order valence-corrected chi connectivity index (χ4v) is 2.87. The van der Waals surface area contributed by atoms with Gasteiger partial charge in [-0.15, -0.1) is 0 Å². The Balaban J connectivity index is 2.08. The Labute approximate surface area is 113 Å². The third-order valence-electron chi connectivity index (χ3n) is 3.41. The van der Waals surface area contributed by atoms with E-state index in [9.17, 15) is 0 Å². The molecule has 94 valence electrons. The molecule has 0 aliphatic carbocycles. The summed E-state index contributed by atoms with van der Waals surface area (Å²) in [6.45, 7) is 2.71. The minimum absolute atomic E-state index is 0.496. The molecule has 2 rings (SSSR count). The summed E-state index contributed by atoms with van der Waals surface area (Å²) in [7, 11) is 0. The molecule has 2 N–H and O–H groups in total. The van der Waals surface area contributed by atoms with Crippen molar-refractivity contribution < 1.29 is 0 Å². The van der Waals surface area contributed by atoms with E-state index >= 15 is 0 Å². The maximum absolute atomic E-state index is 6.20. The number of nitrogens with two attached hydrogens (primary N) is 1. The van der Waals surface area contributed by atoms with E-state index in [1.165, 1.54) is 19.3 Å². The van der Waals surface area contributed by atoms with Gasteiger partial charge in [-0.3, -0.25) is 4.90 Å². The van der Waals surface area contributed by atoms with Crippen LogP contribution in [0.25, 0.3) is 0 Å². The Morgan fingerprint density at radius 3 is 2.82 bits per heavy atom. The lowest BCUT2D eigenvalue weighted by Gasteiger charge is -2.35. The monoisotopic (exact) mass is 272 g/mol. The molecule has 1 atom stereocenters. The number of benzene rings is 1. The number of nitrogens with zero attached hydrogens (tertiary/aromatic N) is 1. The lowest BCUT2D eigenvalue weighted by molar-refractivity contribution is 0.145. The zero-order valence-corrected chi connectivity index (χ0v) is 11.3. The van der Waals surface area contributed by atoms with Crippen molar-refractivity contribution in [3.63, 3.8) is 0 Å². The smallest absolute Gasteiger partial charge is 0.0465 e. The normalized spacial score (nSPS) is 21.7. The van der Waals surface area contributed by atoms with Crippen molar-refractivity contribution >= 4 is 23.2 Å². The molecule has 0 spiro atoms. The summed E-state index contributed by atoms with van der Waals surface area (Å²) >= 11 is 12.1. The number of piperidine rings is 1. The Bertz CT molecular complexity index is 382.